The van der Waals surface area contributed by atoms with Crippen molar-refractivity contribution in [1.82, 2.24) is 9.78 Å². The molecule has 1 aliphatic carbocycles. The van der Waals surface area contributed by atoms with Crippen LogP contribution in [0.25, 0.3) is 10.9 Å². The topological polar surface area (TPSA) is 43.8 Å². The van der Waals surface area contributed by atoms with Gasteiger partial charge in [0.15, 0.2) is 0 Å². The maximum Gasteiger partial charge on any atom is 0.0704 e. The van der Waals surface area contributed by atoms with Crippen LogP contribution in [0.2, 0.25) is 0 Å². The van der Waals surface area contributed by atoms with Crippen molar-refractivity contribution in [2.45, 2.75) is 31.2 Å². The molecule has 1 heterocycles. The molecule has 0 spiro atoms. The van der Waals surface area contributed by atoms with Gasteiger partial charge in [-0.2, -0.15) is 5.10 Å². The van der Waals surface area contributed by atoms with Gasteiger partial charge in [-0.3, -0.25) is 4.68 Å². The number of rotatable bonds is 3. The predicted octanol–water partition coefficient (Wildman–Crippen LogP) is 2.76. The van der Waals surface area contributed by atoms with Crippen LogP contribution in [0.1, 0.15) is 25.0 Å². The molecule has 4 heteroatoms. The van der Waals surface area contributed by atoms with Crippen LogP contribution in [-0.4, -0.2) is 15.3 Å². The van der Waals surface area contributed by atoms with Crippen molar-refractivity contribution in [3.8, 4) is 0 Å². The normalized spacial score (nSPS) is 17.6. The summed E-state index contributed by atoms with van der Waals surface area (Å²) in [4.78, 5) is 0. The summed E-state index contributed by atoms with van der Waals surface area (Å²) in [5, 5.41) is 5.84. The van der Waals surface area contributed by atoms with Gasteiger partial charge in [0.25, 0.3) is 0 Å². The maximum absolute atomic E-state index is 6.13. The second-order valence-corrected chi connectivity index (χ2v) is 6.01. The predicted molar refractivity (Wildman–Crippen MR) is 72.9 cm³/mol. The minimum atomic E-state index is 0.107. The van der Waals surface area contributed by atoms with Gasteiger partial charge in [0, 0.05) is 22.4 Å². The van der Waals surface area contributed by atoms with Crippen LogP contribution >= 0.6 is 15.9 Å². The Bertz CT molecular complexity index is 569. The van der Waals surface area contributed by atoms with E-state index in [9.17, 15) is 0 Å². The van der Waals surface area contributed by atoms with Gasteiger partial charge in [0.05, 0.1) is 11.2 Å². The first-order valence-electron chi connectivity index (χ1n) is 5.97. The zero-order valence-corrected chi connectivity index (χ0v) is 11.5. The molecule has 0 unspecified atom stereocenters. The molecule has 1 aliphatic rings. The van der Waals surface area contributed by atoms with Crippen molar-refractivity contribution in [2.24, 2.45) is 12.8 Å². The number of hydrogen-bond acceptors (Lipinski definition) is 2. The molecule has 1 saturated carbocycles. The van der Waals surface area contributed by atoms with Crippen molar-refractivity contribution in [3.63, 3.8) is 0 Å². The Morgan fingerprint density at radius 2 is 2.24 bits per heavy atom. The fourth-order valence-corrected chi connectivity index (χ4v) is 2.63. The van der Waals surface area contributed by atoms with Gasteiger partial charge < -0.3 is 5.73 Å². The largest absolute Gasteiger partial charge is 0.325 e. The lowest BCUT2D eigenvalue weighted by Crippen LogP contribution is -2.22. The Morgan fingerprint density at radius 1 is 1.47 bits per heavy atom. The van der Waals surface area contributed by atoms with Crippen LogP contribution in [-0.2, 0) is 13.5 Å². The molecular formula is C13H16BrN3. The lowest BCUT2D eigenvalue weighted by molar-refractivity contribution is 0.599. The molecule has 0 bridgehead atoms. The number of aromatic nitrogens is 2. The monoisotopic (exact) mass is 293 g/mol. The molecule has 17 heavy (non-hydrogen) atoms. The van der Waals surface area contributed by atoms with Gasteiger partial charge in [-0.05, 0) is 43.9 Å². The number of halogens is 1. The SMILES string of the molecule is Cn1nc(CCC2(N)CC2)c2cc(Br)ccc21. The van der Waals surface area contributed by atoms with E-state index in [1.54, 1.807) is 0 Å². The summed E-state index contributed by atoms with van der Waals surface area (Å²) in [6, 6.07) is 6.30. The molecule has 1 aromatic heterocycles. The number of nitrogens with two attached hydrogens (primary N) is 1. The third-order valence-electron chi connectivity index (χ3n) is 3.64. The van der Waals surface area contributed by atoms with E-state index < -0.39 is 0 Å². The smallest absolute Gasteiger partial charge is 0.0704 e. The molecule has 1 aromatic carbocycles. The molecule has 0 saturated heterocycles. The third-order valence-corrected chi connectivity index (χ3v) is 4.13. The van der Waals surface area contributed by atoms with Crippen molar-refractivity contribution in [1.29, 1.82) is 0 Å². The van der Waals surface area contributed by atoms with E-state index in [0.717, 1.165) is 17.3 Å². The molecule has 3 rings (SSSR count). The van der Waals surface area contributed by atoms with Gasteiger partial charge in [-0.1, -0.05) is 15.9 Å². The average Bonchev–Trinajstić information content (AvgIpc) is 2.94. The molecule has 1 fully saturated rings. The number of nitrogens with zero attached hydrogens (tertiary/aromatic N) is 2. The van der Waals surface area contributed by atoms with Crippen LogP contribution in [0.3, 0.4) is 0 Å². The molecular weight excluding hydrogens is 278 g/mol. The summed E-state index contributed by atoms with van der Waals surface area (Å²) in [5.41, 5.74) is 8.59. The molecule has 90 valence electrons. The van der Waals surface area contributed by atoms with Gasteiger partial charge in [-0.25, -0.2) is 0 Å². The Balaban J connectivity index is 1.95. The molecule has 2 aromatic rings. The van der Waals surface area contributed by atoms with Gasteiger partial charge in [-0.15, -0.1) is 0 Å². The molecule has 0 amide bonds. The van der Waals surface area contributed by atoms with Gasteiger partial charge in [0.2, 0.25) is 0 Å². The summed E-state index contributed by atoms with van der Waals surface area (Å²) in [5.74, 6) is 0. The zero-order chi connectivity index (χ0) is 12.0. The van der Waals surface area contributed by atoms with Crippen LogP contribution < -0.4 is 5.73 Å². The Morgan fingerprint density at radius 3 is 2.94 bits per heavy atom. The Labute approximate surface area is 109 Å². The number of benzene rings is 1. The molecule has 0 radical (unpaired) electrons. The van der Waals surface area contributed by atoms with Gasteiger partial charge >= 0.3 is 0 Å². The van der Waals surface area contributed by atoms with E-state index in [2.05, 4.69) is 39.2 Å². The lowest BCUT2D eigenvalue weighted by atomic mass is 10.1. The Hall–Kier alpha value is -0.870. The van der Waals surface area contributed by atoms with Crippen molar-refractivity contribution in [3.05, 3.63) is 28.4 Å². The summed E-state index contributed by atoms with van der Waals surface area (Å²) in [6.07, 6.45) is 4.36. The van der Waals surface area contributed by atoms with Crippen LogP contribution in [0.4, 0.5) is 0 Å². The van der Waals surface area contributed by atoms with E-state index in [-0.39, 0.29) is 5.54 Å². The highest BCUT2D eigenvalue weighted by molar-refractivity contribution is 9.10. The van der Waals surface area contributed by atoms with Gasteiger partial charge in [0.1, 0.15) is 0 Å². The first-order chi connectivity index (χ1) is 8.07. The first-order valence-corrected chi connectivity index (χ1v) is 6.77. The minimum Gasteiger partial charge on any atom is -0.325 e. The lowest BCUT2D eigenvalue weighted by Gasteiger charge is -2.05. The molecule has 3 nitrogen and oxygen atoms in total. The van der Waals surface area contributed by atoms with Crippen LogP contribution in [0, 0.1) is 0 Å². The second-order valence-electron chi connectivity index (χ2n) is 5.09. The summed E-state index contributed by atoms with van der Waals surface area (Å²) in [7, 11) is 2.00. The first kappa shape index (κ1) is 11.2. The standard InChI is InChI=1S/C13H16BrN3/c1-17-12-3-2-9(14)8-10(12)11(16-17)4-5-13(15)6-7-13/h2-3,8H,4-7,15H2,1H3. The summed E-state index contributed by atoms with van der Waals surface area (Å²) < 4.78 is 3.06. The van der Waals surface area contributed by atoms with E-state index in [1.165, 1.54) is 29.4 Å². The number of fused-ring (bicyclic) bond motifs is 1. The summed E-state index contributed by atoms with van der Waals surface area (Å²) in [6.45, 7) is 0. The maximum atomic E-state index is 6.13. The molecule has 2 N–H and O–H groups in total. The molecule has 0 aliphatic heterocycles. The fourth-order valence-electron chi connectivity index (χ4n) is 2.27. The average molecular weight is 294 g/mol. The summed E-state index contributed by atoms with van der Waals surface area (Å²) >= 11 is 3.52. The number of hydrogen-bond donors (Lipinski definition) is 1. The van der Waals surface area contributed by atoms with Crippen molar-refractivity contribution >= 4 is 26.8 Å². The number of aryl methyl sites for hydroxylation is 2. The third kappa shape index (κ3) is 2.11. The highest BCUT2D eigenvalue weighted by atomic mass is 79.9. The quantitative estimate of drug-likeness (QED) is 0.946. The Kier molecular flexibility index (Phi) is 2.52. The van der Waals surface area contributed by atoms with E-state index in [1.807, 2.05) is 11.7 Å². The van der Waals surface area contributed by atoms with E-state index in [4.69, 9.17) is 5.73 Å². The van der Waals surface area contributed by atoms with Crippen LogP contribution in [0.15, 0.2) is 22.7 Å². The zero-order valence-electron chi connectivity index (χ0n) is 9.91. The van der Waals surface area contributed by atoms with E-state index in [0.29, 0.717) is 0 Å². The van der Waals surface area contributed by atoms with E-state index >= 15 is 0 Å². The fraction of sp³-hybridized carbons (Fsp3) is 0.462. The van der Waals surface area contributed by atoms with Crippen molar-refractivity contribution in [2.75, 3.05) is 0 Å². The van der Waals surface area contributed by atoms with Crippen LogP contribution in [0.5, 0.6) is 0 Å². The minimum absolute atomic E-state index is 0.107. The highest BCUT2D eigenvalue weighted by Gasteiger charge is 2.37. The highest BCUT2D eigenvalue weighted by Crippen LogP contribution is 2.37. The second kappa shape index (κ2) is 3.82. The van der Waals surface area contributed by atoms with Crippen molar-refractivity contribution < 1.29 is 0 Å². The molecule has 0 atom stereocenters.